The van der Waals surface area contributed by atoms with E-state index >= 15 is 0 Å². The van der Waals surface area contributed by atoms with Crippen LogP contribution in [0.15, 0.2) is 30.5 Å². The fourth-order valence-electron chi connectivity index (χ4n) is 1.89. The van der Waals surface area contributed by atoms with Crippen LogP contribution in [0.1, 0.15) is 11.1 Å². The van der Waals surface area contributed by atoms with Gasteiger partial charge in [0.05, 0.1) is 17.6 Å². The van der Waals surface area contributed by atoms with E-state index in [0.29, 0.717) is 0 Å². The van der Waals surface area contributed by atoms with Crippen molar-refractivity contribution in [3.8, 4) is 11.3 Å². The van der Waals surface area contributed by atoms with Crippen molar-refractivity contribution in [2.45, 2.75) is 13.8 Å². The smallest absolute Gasteiger partial charge is 0.123 e. The molecule has 1 aromatic carbocycles. The molecule has 0 fully saturated rings. The number of halogens is 1. The van der Waals surface area contributed by atoms with E-state index in [0.717, 1.165) is 28.1 Å². The van der Waals surface area contributed by atoms with Crippen LogP contribution in [0.4, 0.5) is 10.1 Å². The predicted molar refractivity (Wildman–Crippen MR) is 68.7 cm³/mol. The molecule has 0 saturated heterocycles. The molecule has 88 valence electrons. The topological polar surface area (TPSA) is 24.9 Å². The Labute approximate surface area is 101 Å². The number of benzene rings is 1. The monoisotopic (exact) mass is 230 g/mol. The molecule has 0 amide bonds. The van der Waals surface area contributed by atoms with Crippen molar-refractivity contribution >= 4 is 5.69 Å². The van der Waals surface area contributed by atoms with E-state index in [1.807, 2.05) is 27.0 Å². The summed E-state index contributed by atoms with van der Waals surface area (Å²) in [6.45, 7) is 3.90. The number of nitrogens with zero attached hydrogens (tertiary/aromatic N) is 1. The van der Waals surface area contributed by atoms with Gasteiger partial charge in [-0.25, -0.2) is 4.39 Å². The highest BCUT2D eigenvalue weighted by molar-refractivity contribution is 5.68. The zero-order chi connectivity index (χ0) is 12.4. The van der Waals surface area contributed by atoms with Gasteiger partial charge in [0, 0.05) is 12.6 Å². The second-order valence-corrected chi connectivity index (χ2v) is 4.10. The number of hydrogen-bond donors (Lipinski definition) is 1. The number of aromatic nitrogens is 1. The molecule has 0 aliphatic heterocycles. The third-order valence-corrected chi connectivity index (χ3v) is 2.81. The third kappa shape index (κ3) is 2.28. The van der Waals surface area contributed by atoms with Crippen LogP contribution < -0.4 is 5.32 Å². The SMILES string of the molecule is CNc1cnc(-c2ccc(F)cc2C)c(C)c1. The number of nitrogens with one attached hydrogen (secondary N) is 1. The van der Waals surface area contributed by atoms with Gasteiger partial charge in [0.1, 0.15) is 5.82 Å². The van der Waals surface area contributed by atoms with E-state index in [2.05, 4.69) is 10.3 Å². The fourth-order valence-corrected chi connectivity index (χ4v) is 1.89. The maximum absolute atomic E-state index is 13.1. The maximum atomic E-state index is 13.1. The summed E-state index contributed by atoms with van der Waals surface area (Å²) in [4.78, 5) is 4.42. The molecule has 2 aromatic rings. The van der Waals surface area contributed by atoms with Crippen LogP contribution >= 0.6 is 0 Å². The van der Waals surface area contributed by atoms with Crippen LogP contribution in [-0.2, 0) is 0 Å². The number of rotatable bonds is 2. The highest BCUT2D eigenvalue weighted by Gasteiger charge is 2.07. The van der Waals surface area contributed by atoms with Crippen molar-refractivity contribution in [3.63, 3.8) is 0 Å². The van der Waals surface area contributed by atoms with Crippen LogP contribution in [0.2, 0.25) is 0 Å². The molecule has 0 radical (unpaired) electrons. The summed E-state index contributed by atoms with van der Waals surface area (Å²) in [5.74, 6) is -0.212. The minimum Gasteiger partial charge on any atom is -0.387 e. The number of pyridine rings is 1. The largest absolute Gasteiger partial charge is 0.387 e. The first-order valence-corrected chi connectivity index (χ1v) is 5.52. The van der Waals surface area contributed by atoms with Gasteiger partial charge in [-0.2, -0.15) is 0 Å². The second kappa shape index (κ2) is 4.53. The Kier molecular flexibility index (Phi) is 3.09. The average molecular weight is 230 g/mol. The standard InChI is InChI=1S/C14H15FN2/c1-9-6-11(15)4-5-13(9)14-10(2)7-12(16-3)8-17-14/h4-8,16H,1-3H3. The number of anilines is 1. The summed E-state index contributed by atoms with van der Waals surface area (Å²) in [5, 5.41) is 3.05. The lowest BCUT2D eigenvalue weighted by molar-refractivity contribution is 0.627. The molecule has 0 atom stereocenters. The lowest BCUT2D eigenvalue weighted by Gasteiger charge is -2.10. The molecule has 3 heteroatoms. The van der Waals surface area contributed by atoms with Gasteiger partial charge >= 0.3 is 0 Å². The lowest BCUT2D eigenvalue weighted by Crippen LogP contribution is -1.95. The third-order valence-electron chi connectivity index (χ3n) is 2.81. The first-order valence-electron chi connectivity index (χ1n) is 5.52. The van der Waals surface area contributed by atoms with E-state index in [1.54, 1.807) is 12.3 Å². The van der Waals surface area contributed by atoms with Crippen LogP contribution in [0.5, 0.6) is 0 Å². The summed E-state index contributed by atoms with van der Waals surface area (Å²) >= 11 is 0. The Hall–Kier alpha value is -1.90. The molecule has 0 saturated carbocycles. The van der Waals surface area contributed by atoms with E-state index < -0.39 is 0 Å². The quantitative estimate of drug-likeness (QED) is 0.853. The van der Waals surface area contributed by atoms with Crippen LogP contribution in [0.25, 0.3) is 11.3 Å². The van der Waals surface area contributed by atoms with Gasteiger partial charge in [0.25, 0.3) is 0 Å². The van der Waals surface area contributed by atoms with E-state index in [-0.39, 0.29) is 5.82 Å². The number of aryl methyl sites for hydroxylation is 2. The van der Waals surface area contributed by atoms with Crippen LogP contribution in [0, 0.1) is 19.7 Å². The van der Waals surface area contributed by atoms with E-state index in [4.69, 9.17) is 0 Å². The summed E-state index contributed by atoms with van der Waals surface area (Å²) < 4.78 is 13.1. The van der Waals surface area contributed by atoms with Crippen LogP contribution in [0.3, 0.4) is 0 Å². The minimum atomic E-state index is -0.212. The molecule has 0 aliphatic carbocycles. The summed E-state index contributed by atoms with van der Waals surface area (Å²) in [6, 6.07) is 6.81. The Morgan fingerprint density at radius 1 is 1.12 bits per heavy atom. The van der Waals surface area contributed by atoms with Gasteiger partial charge in [0.15, 0.2) is 0 Å². The van der Waals surface area contributed by atoms with E-state index in [1.165, 1.54) is 12.1 Å². The molecule has 2 nitrogen and oxygen atoms in total. The summed E-state index contributed by atoms with van der Waals surface area (Å²) in [6.07, 6.45) is 1.78. The second-order valence-electron chi connectivity index (χ2n) is 4.10. The Morgan fingerprint density at radius 3 is 2.47 bits per heavy atom. The highest BCUT2D eigenvalue weighted by Crippen LogP contribution is 2.26. The molecule has 0 unspecified atom stereocenters. The molecule has 0 spiro atoms. The molecule has 17 heavy (non-hydrogen) atoms. The fraction of sp³-hybridized carbons (Fsp3) is 0.214. The Balaban J connectivity index is 2.53. The summed E-state index contributed by atoms with van der Waals surface area (Å²) in [7, 11) is 1.86. The first-order chi connectivity index (χ1) is 8.11. The van der Waals surface area contributed by atoms with Crippen molar-refractivity contribution in [1.29, 1.82) is 0 Å². The molecule has 1 heterocycles. The van der Waals surface area contributed by atoms with Gasteiger partial charge in [-0.05, 0) is 49.2 Å². The number of hydrogen-bond acceptors (Lipinski definition) is 2. The molecule has 1 aromatic heterocycles. The van der Waals surface area contributed by atoms with Crippen molar-refractivity contribution in [2.24, 2.45) is 0 Å². The van der Waals surface area contributed by atoms with Gasteiger partial charge in [-0.15, -0.1) is 0 Å². The van der Waals surface area contributed by atoms with Crippen molar-refractivity contribution in [3.05, 3.63) is 47.4 Å². The molecule has 0 bridgehead atoms. The Bertz CT molecular complexity index is 550. The highest BCUT2D eigenvalue weighted by atomic mass is 19.1. The minimum absolute atomic E-state index is 0.212. The molecule has 2 rings (SSSR count). The molecule has 1 N–H and O–H groups in total. The van der Waals surface area contributed by atoms with Crippen molar-refractivity contribution < 1.29 is 4.39 Å². The van der Waals surface area contributed by atoms with Crippen molar-refractivity contribution in [1.82, 2.24) is 4.98 Å². The van der Waals surface area contributed by atoms with Crippen molar-refractivity contribution in [2.75, 3.05) is 12.4 Å². The van der Waals surface area contributed by atoms with Gasteiger partial charge in [-0.3, -0.25) is 4.98 Å². The summed E-state index contributed by atoms with van der Waals surface area (Å²) in [5.41, 5.74) is 4.84. The Morgan fingerprint density at radius 2 is 1.88 bits per heavy atom. The molecular weight excluding hydrogens is 215 g/mol. The zero-order valence-corrected chi connectivity index (χ0v) is 10.2. The van der Waals surface area contributed by atoms with E-state index in [9.17, 15) is 4.39 Å². The molecular formula is C14H15FN2. The first kappa shape index (κ1) is 11.6. The van der Waals surface area contributed by atoms with Crippen LogP contribution in [-0.4, -0.2) is 12.0 Å². The lowest BCUT2D eigenvalue weighted by atomic mass is 10.0. The van der Waals surface area contributed by atoms with Gasteiger partial charge < -0.3 is 5.32 Å². The predicted octanol–water partition coefficient (Wildman–Crippen LogP) is 3.55. The van der Waals surface area contributed by atoms with Gasteiger partial charge in [0.2, 0.25) is 0 Å². The molecule has 0 aliphatic rings. The normalized spacial score (nSPS) is 10.4. The zero-order valence-electron chi connectivity index (χ0n) is 10.2. The average Bonchev–Trinajstić information content (AvgIpc) is 2.30. The maximum Gasteiger partial charge on any atom is 0.123 e. The van der Waals surface area contributed by atoms with Gasteiger partial charge in [-0.1, -0.05) is 0 Å².